The summed E-state index contributed by atoms with van der Waals surface area (Å²) in [5.41, 5.74) is 6.81. The van der Waals surface area contributed by atoms with E-state index in [2.05, 4.69) is 0 Å². The maximum absolute atomic E-state index is 11.1. The van der Waals surface area contributed by atoms with Crippen molar-refractivity contribution in [1.82, 2.24) is 4.57 Å². The minimum absolute atomic E-state index is 0.142. The molecule has 0 spiro atoms. The lowest BCUT2D eigenvalue weighted by Crippen LogP contribution is -2.13. The highest BCUT2D eigenvalue weighted by atomic mass is 16.5. The number of ether oxygens (including phenoxy) is 1. The maximum atomic E-state index is 11.1. The quantitative estimate of drug-likeness (QED) is 0.813. The lowest BCUT2D eigenvalue weighted by atomic mass is 10.2. The van der Waals surface area contributed by atoms with Crippen molar-refractivity contribution < 1.29 is 4.74 Å². The van der Waals surface area contributed by atoms with Gasteiger partial charge in [-0.2, -0.15) is 0 Å². The van der Waals surface area contributed by atoms with Gasteiger partial charge in [-0.25, -0.2) is 0 Å². The zero-order valence-electron chi connectivity index (χ0n) is 10.1. The molecular weight excluding hydrogens is 228 g/mol. The molecule has 0 radical (unpaired) electrons. The van der Waals surface area contributed by atoms with Crippen LogP contribution in [0.1, 0.15) is 5.56 Å². The average Bonchev–Trinajstić information content (AvgIpc) is 2.40. The number of benzene rings is 1. The molecule has 0 amide bonds. The summed E-state index contributed by atoms with van der Waals surface area (Å²) in [7, 11) is 0. The molecule has 0 atom stereocenters. The number of nitrogen functional groups attached to an aromatic ring is 1. The molecule has 0 aliphatic rings. The van der Waals surface area contributed by atoms with Gasteiger partial charge in [0.05, 0.1) is 18.9 Å². The smallest absolute Gasteiger partial charge is 0.204 e. The Labute approximate surface area is 106 Å². The first-order valence-corrected chi connectivity index (χ1v) is 5.83. The van der Waals surface area contributed by atoms with Crippen molar-refractivity contribution in [3.05, 3.63) is 64.6 Å². The van der Waals surface area contributed by atoms with Crippen LogP contribution in [-0.2, 0) is 17.9 Å². The maximum Gasteiger partial charge on any atom is 0.204 e. The molecule has 0 bridgehead atoms. The summed E-state index contributed by atoms with van der Waals surface area (Å²) in [6, 6.07) is 11.5. The summed E-state index contributed by atoms with van der Waals surface area (Å²) in [6.07, 6.45) is 3.35. The van der Waals surface area contributed by atoms with E-state index < -0.39 is 0 Å². The van der Waals surface area contributed by atoms with Gasteiger partial charge in [-0.3, -0.25) is 4.79 Å². The Morgan fingerprint density at radius 3 is 2.67 bits per heavy atom. The standard InChI is InChI=1S/C14H16N2O2/c15-13-10-16(7-6-14(13)17)8-9-18-11-12-4-2-1-3-5-12/h1-7,10H,8-9,11,15H2. The minimum atomic E-state index is -0.142. The molecule has 1 aromatic heterocycles. The van der Waals surface area contributed by atoms with Crippen molar-refractivity contribution in [2.45, 2.75) is 13.2 Å². The number of anilines is 1. The SMILES string of the molecule is Nc1cn(CCOCc2ccccc2)ccc1=O. The van der Waals surface area contributed by atoms with Crippen molar-refractivity contribution in [2.75, 3.05) is 12.3 Å². The molecule has 2 N–H and O–H groups in total. The van der Waals surface area contributed by atoms with E-state index in [-0.39, 0.29) is 11.1 Å². The largest absolute Gasteiger partial charge is 0.394 e. The van der Waals surface area contributed by atoms with Gasteiger partial charge < -0.3 is 15.0 Å². The van der Waals surface area contributed by atoms with E-state index in [1.54, 1.807) is 12.4 Å². The third-order valence-corrected chi connectivity index (χ3v) is 2.61. The van der Waals surface area contributed by atoms with Crippen LogP contribution < -0.4 is 11.2 Å². The lowest BCUT2D eigenvalue weighted by Gasteiger charge is -2.08. The number of nitrogens with zero attached hydrogens (tertiary/aromatic N) is 1. The van der Waals surface area contributed by atoms with E-state index in [4.69, 9.17) is 10.5 Å². The Balaban J connectivity index is 1.78. The summed E-state index contributed by atoms with van der Waals surface area (Å²) in [4.78, 5) is 11.1. The molecule has 0 aliphatic carbocycles. The van der Waals surface area contributed by atoms with Gasteiger partial charge in [0.1, 0.15) is 0 Å². The minimum Gasteiger partial charge on any atom is -0.394 e. The number of nitrogens with two attached hydrogens (primary N) is 1. The van der Waals surface area contributed by atoms with E-state index >= 15 is 0 Å². The predicted molar refractivity (Wildman–Crippen MR) is 71.2 cm³/mol. The van der Waals surface area contributed by atoms with Gasteiger partial charge in [0.25, 0.3) is 0 Å². The number of pyridine rings is 1. The fraction of sp³-hybridized carbons (Fsp3) is 0.214. The molecule has 2 aromatic rings. The fourth-order valence-electron chi connectivity index (χ4n) is 1.62. The average molecular weight is 244 g/mol. The highest BCUT2D eigenvalue weighted by Crippen LogP contribution is 2.01. The highest BCUT2D eigenvalue weighted by molar-refractivity contribution is 5.33. The molecule has 0 aliphatic heterocycles. The molecule has 4 heteroatoms. The Morgan fingerprint density at radius 2 is 1.94 bits per heavy atom. The summed E-state index contributed by atoms with van der Waals surface area (Å²) in [5, 5.41) is 0. The molecule has 1 heterocycles. The Bertz CT molecular complexity index is 549. The molecule has 2 rings (SSSR count). The summed E-state index contributed by atoms with van der Waals surface area (Å²) >= 11 is 0. The van der Waals surface area contributed by atoms with E-state index in [0.29, 0.717) is 19.8 Å². The van der Waals surface area contributed by atoms with Crippen molar-refractivity contribution >= 4 is 5.69 Å². The van der Waals surface area contributed by atoms with Crippen molar-refractivity contribution in [3.63, 3.8) is 0 Å². The normalized spacial score (nSPS) is 10.4. The third kappa shape index (κ3) is 3.46. The van der Waals surface area contributed by atoms with Gasteiger partial charge in [0.2, 0.25) is 5.43 Å². The summed E-state index contributed by atoms with van der Waals surface area (Å²) in [5.74, 6) is 0. The molecule has 0 unspecified atom stereocenters. The monoisotopic (exact) mass is 244 g/mol. The second-order valence-corrected chi connectivity index (χ2v) is 4.04. The Kier molecular flexibility index (Phi) is 4.15. The molecule has 94 valence electrons. The molecule has 18 heavy (non-hydrogen) atoms. The summed E-state index contributed by atoms with van der Waals surface area (Å²) < 4.78 is 7.40. The number of rotatable bonds is 5. The molecule has 4 nitrogen and oxygen atoms in total. The second kappa shape index (κ2) is 6.02. The Hall–Kier alpha value is -2.07. The van der Waals surface area contributed by atoms with Crippen LogP contribution >= 0.6 is 0 Å². The van der Waals surface area contributed by atoms with Crippen LogP contribution in [0.15, 0.2) is 53.6 Å². The van der Waals surface area contributed by atoms with Gasteiger partial charge in [-0.05, 0) is 5.56 Å². The van der Waals surface area contributed by atoms with Gasteiger partial charge >= 0.3 is 0 Å². The van der Waals surface area contributed by atoms with E-state index in [1.165, 1.54) is 6.07 Å². The number of aromatic nitrogens is 1. The van der Waals surface area contributed by atoms with Crippen LogP contribution in [0.5, 0.6) is 0 Å². The second-order valence-electron chi connectivity index (χ2n) is 4.04. The Morgan fingerprint density at radius 1 is 1.17 bits per heavy atom. The van der Waals surface area contributed by atoms with Crippen LogP contribution in [0.4, 0.5) is 5.69 Å². The van der Waals surface area contributed by atoms with Crippen LogP contribution in [0.3, 0.4) is 0 Å². The predicted octanol–water partition coefficient (Wildman–Crippen LogP) is 1.65. The summed E-state index contributed by atoms with van der Waals surface area (Å²) in [6.45, 7) is 1.85. The first kappa shape index (κ1) is 12.4. The van der Waals surface area contributed by atoms with Crippen molar-refractivity contribution in [2.24, 2.45) is 0 Å². The number of hydrogen-bond donors (Lipinski definition) is 1. The van der Waals surface area contributed by atoms with Crippen LogP contribution in [0.2, 0.25) is 0 Å². The molecule has 1 aromatic carbocycles. The van der Waals surface area contributed by atoms with Gasteiger partial charge in [0, 0.05) is 25.0 Å². The molecular formula is C14H16N2O2. The highest BCUT2D eigenvalue weighted by Gasteiger charge is 1.96. The first-order valence-electron chi connectivity index (χ1n) is 5.83. The molecule has 0 saturated carbocycles. The van der Waals surface area contributed by atoms with Gasteiger partial charge in [-0.15, -0.1) is 0 Å². The number of hydrogen-bond acceptors (Lipinski definition) is 3. The van der Waals surface area contributed by atoms with E-state index in [9.17, 15) is 4.79 Å². The zero-order chi connectivity index (χ0) is 12.8. The van der Waals surface area contributed by atoms with Gasteiger partial charge in [0.15, 0.2) is 0 Å². The lowest BCUT2D eigenvalue weighted by molar-refractivity contribution is 0.113. The van der Waals surface area contributed by atoms with Crippen molar-refractivity contribution in [1.29, 1.82) is 0 Å². The van der Waals surface area contributed by atoms with Crippen LogP contribution in [-0.4, -0.2) is 11.2 Å². The fourth-order valence-corrected chi connectivity index (χ4v) is 1.62. The molecule has 0 fully saturated rings. The van der Waals surface area contributed by atoms with Crippen molar-refractivity contribution in [3.8, 4) is 0 Å². The van der Waals surface area contributed by atoms with Crippen LogP contribution in [0.25, 0.3) is 0 Å². The van der Waals surface area contributed by atoms with E-state index in [0.717, 1.165) is 5.56 Å². The van der Waals surface area contributed by atoms with E-state index in [1.807, 2.05) is 34.9 Å². The first-order chi connectivity index (χ1) is 8.75. The van der Waals surface area contributed by atoms with Gasteiger partial charge in [-0.1, -0.05) is 30.3 Å². The van der Waals surface area contributed by atoms with Crippen LogP contribution in [0, 0.1) is 0 Å². The topological polar surface area (TPSA) is 57.2 Å². The zero-order valence-corrected chi connectivity index (χ0v) is 10.1. The molecule has 0 saturated heterocycles. The third-order valence-electron chi connectivity index (χ3n) is 2.61.